The summed E-state index contributed by atoms with van der Waals surface area (Å²) < 4.78 is 18.8. The Morgan fingerprint density at radius 3 is 2.48 bits per heavy atom. The molecule has 4 nitrogen and oxygen atoms in total. The minimum atomic E-state index is -0.705. The number of ether oxygens (including phenoxy) is 1. The van der Waals surface area contributed by atoms with Crippen molar-refractivity contribution < 1.29 is 13.9 Å². The predicted molar refractivity (Wildman–Crippen MR) is 107 cm³/mol. The fraction of sp³-hybridized carbons (Fsp3) is 0.200. The van der Waals surface area contributed by atoms with Crippen molar-refractivity contribution in [1.29, 1.82) is 0 Å². The van der Waals surface area contributed by atoms with E-state index in [9.17, 15) is 9.18 Å². The van der Waals surface area contributed by atoms with Gasteiger partial charge in [-0.25, -0.2) is 9.37 Å². The lowest BCUT2D eigenvalue weighted by Gasteiger charge is -2.15. The zero-order valence-corrected chi connectivity index (χ0v) is 16.6. The molecule has 3 rings (SSSR count). The molecule has 0 aliphatic carbocycles. The van der Waals surface area contributed by atoms with E-state index in [4.69, 9.17) is 16.3 Å². The van der Waals surface area contributed by atoms with Gasteiger partial charge < -0.3 is 4.74 Å². The Bertz CT molecular complexity index is 949. The van der Waals surface area contributed by atoms with Gasteiger partial charge in [-0.2, -0.15) is 0 Å². The zero-order chi connectivity index (χ0) is 19.6. The maximum atomic E-state index is 13.0. The fourth-order valence-electron chi connectivity index (χ4n) is 2.52. The standard InChI is InChI=1S/C20H18ClFN2O2S/c1-11-8-16(9-12(2)18(11)21)26-13(3)19(25)24-20-23-17(10-27-20)14-4-6-15(22)7-5-14/h4-10,13H,1-3H3,(H,23,24,25). The third kappa shape index (κ3) is 4.64. The number of benzene rings is 2. The number of rotatable bonds is 5. The molecule has 7 heteroatoms. The Morgan fingerprint density at radius 2 is 1.85 bits per heavy atom. The molecule has 27 heavy (non-hydrogen) atoms. The van der Waals surface area contributed by atoms with E-state index in [2.05, 4.69) is 10.3 Å². The first-order chi connectivity index (χ1) is 12.8. The summed E-state index contributed by atoms with van der Waals surface area (Å²) in [5.74, 6) is -0.0235. The molecule has 0 saturated heterocycles. The number of carbonyl (C=O) groups excluding carboxylic acids is 1. The number of thiazole rings is 1. The monoisotopic (exact) mass is 404 g/mol. The summed E-state index contributed by atoms with van der Waals surface area (Å²) in [5, 5.41) is 5.70. The van der Waals surface area contributed by atoms with E-state index in [-0.39, 0.29) is 11.7 Å². The number of carbonyl (C=O) groups is 1. The smallest absolute Gasteiger partial charge is 0.266 e. The molecule has 0 aliphatic heterocycles. The van der Waals surface area contributed by atoms with E-state index in [1.165, 1.54) is 23.5 Å². The molecule has 0 spiro atoms. The molecule has 0 aliphatic rings. The molecule has 1 N–H and O–H groups in total. The van der Waals surface area contributed by atoms with Crippen LogP contribution in [0.5, 0.6) is 5.75 Å². The summed E-state index contributed by atoms with van der Waals surface area (Å²) >= 11 is 7.45. The SMILES string of the molecule is Cc1cc(OC(C)C(=O)Nc2nc(-c3ccc(F)cc3)cs2)cc(C)c1Cl. The van der Waals surface area contributed by atoms with Gasteiger partial charge in [0.1, 0.15) is 11.6 Å². The highest BCUT2D eigenvalue weighted by Gasteiger charge is 2.17. The zero-order valence-electron chi connectivity index (χ0n) is 15.0. The van der Waals surface area contributed by atoms with Crippen LogP contribution >= 0.6 is 22.9 Å². The van der Waals surface area contributed by atoms with E-state index < -0.39 is 6.10 Å². The highest BCUT2D eigenvalue weighted by atomic mass is 35.5. The number of halogens is 2. The van der Waals surface area contributed by atoms with Crippen molar-refractivity contribution in [3.05, 3.63) is 63.7 Å². The Hall–Kier alpha value is -2.44. The number of aromatic nitrogens is 1. The average Bonchev–Trinajstić information content (AvgIpc) is 3.08. The van der Waals surface area contributed by atoms with Gasteiger partial charge >= 0.3 is 0 Å². The third-order valence-electron chi connectivity index (χ3n) is 3.97. The van der Waals surface area contributed by atoms with Gasteiger partial charge in [-0.05, 0) is 68.3 Å². The normalized spacial score (nSPS) is 11.9. The molecule has 1 heterocycles. The number of amides is 1. The van der Waals surface area contributed by atoms with Crippen molar-refractivity contribution in [2.75, 3.05) is 5.32 Å². The number of hydrogen-bond donors (Lipinski definition) is 1. The Kier molecular flexibility index (Phi) is 5.77. The highest BCUT2D eigenvalue weighted by molar-refractivity contribution is 7.14. The largest absolute Gasteiger partial charge is 0.481 e. The fourth-order valence-corrected chi connectivity index (χ4v) is 3.35. The summed E-state index contributed by atoms with van der Waals surface area (Å²) in [4.78, 5) is 16.8. The summed E-state index contributed by atoms with van der Waals surface area (Å²) in [7, 11) is 0. The molecule has 3 aromatic rings. The summed E-state index contributed by atoms with van der Waals surface area (Å²) in [6.07, 6.45) is -0.705. The quantitative estimate of drug-likeness (QED) is 0.600. The molecule has 1 aromatic heterocycles. The van der Waals surface area contributed by atoms with Crippen LogP contribution < -0.4 is 10.1 Å². The van der Waals surface area contributed by atoms with Crippen molar-refractivity contribution in [2.24, 2.45) is 0 Å². The molecule has 140 valence electrons. The number of anilines is 1. The van der Waals surface area contributed by atoms with E-state index in [0.29, 0.717) is 21.6 Å². The van der Waals surface area contributed by atoms with Crippen LogP contribution in [0.4, 0.5) is 9.52 Å². The second kappa shape index (κ2) is 8.06. The minimum absolute atomic E-state index is 0.304. The molecule has 0 radical (unpaired) electrons. The first-order valence-corrected chi connectivity index (χ1v) is 9.55. The van der Waals surface area contributed by atoms with Gasteiger partial charge in [0, 0.05) is 16.0 Å². The Balaban J connectivity index is 1.66. The second-order valence-corrected chi connectivity index (χ2v) is 7.40. The average molecular weight is 405 g/mol. The molecule has 2 aromatic carbocycles. The van der Waals surface area contributed by atoms with E-state index in [1.807, 2.05) is 13.8 Å². The first kappa shape index (κ1) is 19.3. The summed E-state index contributed by atoms with van der Waals surface area (Å²) in [6, 6.07) is 9.64. The Morgan fingerprint density at radius 1 is 1.22 bits per heavy atom. The van der Waals surface area contributed by atoms with Crippen molar-refractivity contribution in [3.8, 4) is 17.0 Å². The first-order valence-electron chi connectivity index (χ1n) is 8.29. The minimum Gasteiger partial charge on any atom is -0.481 e. The van der Waals surface area contributed by atoms with Crippen molar-refractivity contribution in [2.45, 2.75) is 26.9 Å². The van der Waals surface area contributed by atoms with Crippen LogP contribution in [0, 0.1) is 19.7 Å². The molecule has 1 unspecified atom stereocenters. The van der Waals surface area contributed by atoms with Crippen LogP contribution in [-0.4, -0.2) is 17.0 Å². The van der Waals surface area contributed by atoms with Crippen LogP contribution in [0.25, 0.3) is 11.3 Å². The number of hydrogen-bond acceptors (Lipinski definition) is 4. The number of nitrogens with zero attached hydrogens (tertiary/aromatic N) is 1. The van der Waals surface area contributed by atoms with Gasteiger partial charge in [0.25, 0.3) is 5.91 Å². The van der Waals surface area contributed by atoms with Crippen molar-refractivity contribution in [1.82, 2.24) is 4.98 Å². The van der Waals surface area contributed by atoms with E-state index >= 15 is 0 Å². The summed E-state index contributed by atoms with van der Waals surface area (Å²) in [5.41, 5.74) is 3.24. The predicted octanol–water partition coefficient (Wildman–Crippen LogP) is 5.63. The van der Waals surface area contributed by atoms with Crippen molar-refractivity contribution >= 4 is 34.0 Å². The molecule has 0 fully saturated rings. The van der Waals surface area contributed by atoms with E-state index in [0.717, 1.165) is 16.7 Å². The van der Waals surface area contributed by atoms with Crippen LogP contribution in [0.1, 0.15) is 18.1 Å². The molecule has 1 amide bonds. The highest BCUT2D eigenvalue weighted by Crippen LogP contribution is 2.27. The van der Waals surface area contributed by atoms with Gasteiger partial charge in [-0.3, -0.25) is 10.1 Å². The molecule has 0 bridgehead atoms. The summed E-state index contributed by atoms with van der Waals surface area (Å²) in [6.45, 7) is 5.45. The second-order valence-electron chi connectivity index (χ2n) is 6.17. The van der Waals surface area contributed by atoms with Gasteiger partial charge in [0.05, 0.1) is 5.69 Å². The molecule has 0 saturated carbocycles. The number of nitrogens with one attached hydrogen (secondary N) is 1. The van der Waals surface area contributed by atoms with Gasteiger partial charge in [-0.1, -0.05) is 11.6 Å². The van der Waals surface area contributed by atoms with Crippen LogP contribution in [0.2, 0.25) is 5.02 Å². The van der Waals surface area contributed by atoms with E-state index in [1.54, 1.807) is 36.6 Å². The van der Waals surface area contributed by atoms with Gasteiger partial charge in [0.2, 0.25) is 0 Å². The molecule has 1 atom stereocenters. The van der Waals surface area contributed by atoms with Crippen LogP contribution in [0.15, 0.2) is 41.8 Å². The van der Waals surface area contributed by atoms with Crippen molar-refractivity contribution in [3.63, 3.8) is 0 Å². The molecular weight excluding hydrogens is 387 g/mol. The molecular formula is C20H18ClFN2O2S. The van der Waals surface area contributed by atoms with Gasteiger partial charge in [-0.15, -0.1) is 11.3 Å². The lowest BCUT2D eigenvalue weighted by atomic mass is 10.1. The lowest BCUT2D eigenvalue weighted by Crippen LogP contribution is -2.30. The van der Waals surface area contributed by atoms with Gasteiger partial charge in [0.15, 0.2) is 11.2 Å². The van der Waals surface area contributed by atoms with Crippen LogP contribution in [0.3, 0.4) is 0 Å². The lowest BCUT2D eigenvalue weighted by molar-refractivity contribution is -0.122. The number of aryl methyl sites for hydroxylation is 2. The van der Waals surface area contributed by atoms with Crippen LogP contribution in [-0.2, 0) is 4.79 Å². The Labute approximate surface area is 166 Å². The maximum Gasteiger partial charge on any atom is 0.266 e. The third-order valence-corrected chi connectivity index (χ3v) is 5.32. The topological polar surface area (TPSA) is 51.2 Å². The maximum absolute atomic E-state index is 13.0.